The van der Waals surface area contributed by atoms with E-state index in [1.807, 2.05) is 26.0 Å². The molecule has 0 aliphatic rings. The summed E-state index contributed by atoms with van der Waals surface area (Å²) >= 11 is 3.30. The molecule has 3 nitrogen and oxygen atoms in total. The summed E-state index contributed by atoms with van der Waals surface area (Å²) in [6.07, 6.45) is -0.800. The average Bonchev–Trinajstić information content (AvgIpc) is 2.15. The van der Waals surface area contributed by atoms with Crippen LogP contribution in [-0.4, -0.2) is 17.2 Å². The smallest absolute Gasteiger partial charge is 0.345 e. The van der Waals surface area contributed by atoms with Gasteiger partial charge in [-0.3, -0.25) is 0 Å². The summed E-state index contributed by atoms with van der Waals surface area (Å²) < 4.78 is 6.31. The van der Waals surface area contributed by atoms with Crippen molar-refractivity contribution in [1.29, 1.82) is 0 Å². The fourth-order valence-corrected chi connectivity index (χ4v) is 1.40. The highest BCUT2D eigenvalue weighted by Crippen LogP contribution is 2.19. The number of aliphatic carboxylic acids is 1. The van der Waals surface area contributed by atoms with Crippen LogP contribution in [0, 0.1) is 5.92 Å². The third-order valence-corrected chi connectivity index (χ3v) is 2.45. The van der Waals surface area contributed by atoms with E-state index in [9.17, 15) is 4.79 Å². The molecule has 5 heteroatoms. The second-order valence-electron chi connectivity index (χ2n) is 3.57. The van der Waals surface area contributed by atoms with E-state index in [0.29, 0.717) is 5.75 Å². The maximum atomic E-state index is 10.9. The summed E-state index contributed by atoms with van der Waals surface area (Å²) in [6.45, 7) is 3.63. The van der Waals surface area contributed by atoms with Crippen LogP contribution in [0.2, 0.25) is 0 Å². The zero-order valence-corrected chi connectivity index (χ0v) is 11.7. The number of halogens is 1. The minimum atomic E-state index is -0.937. The Hall–Kier alpha value is -0.680. The number of ether oxygens (including phenoxy) is 1. The molecular weight excluding hydrogens is 292 g/mol. The van der Waals surface area contributed by atoms with Gasteiger partial charge in [0.05, 0.1) is 0 Å². The zero-order valence-electron chi connectivity index (χ0n) is 9.11. The number of rotatable bonds is 4. The summed E-state index contributed by atoms with van der Waals surface area (Å²) in [4.78, 5) is 10.9. The minimum absolute atomic E-state index is 0. The molecule has 0 unspecified atom stereocenters. The van der Waals surface area contributed by atoms with Crippen molar-refractivity contribution in [2.45, 2.75) is 20.0 Å². The second-order valence-corrected chi connectivity index (χ2v) is 4.49. The van der Waals surface area contributed by atoms with Crippen LogP contribution in [-0.2, 0) is 4.79 Å². The number of carboxylic acid groups (broad SMARTS) is 1. The summed E-state index contributed by atoms with van der Waals surface area (Å²) in [7, 11) is 0. The van der Waals surface area contributed by atoms with Crippen LogP contribution in [0.25, 0.3) is 0 Å². The molecule has 1 aromatic carbocycles. The van der Waals surface area contributed by atoms with Crippen LogP contribution >= 0.6 is 29.4 Å². The largest absolute Gasteiger partial charge is 0.478 e. The Labute approximate surface area is 110 Å². The lowest BCUT2D eigenvalue weighted by Gasteiger charge is -2.18. The Kier molecular flexibility index (Phi) is 6.52. The molecule has 0 amide bonds. The number of carbonyl (C=O) groups is 1. The predicted molar refractivity (Wildman–Crippen MR) is 71.4 cm³/mol. The Morgan fingerprint density at radius 3 is 2.19 bits per heavy atom. The van der Waals surface area contributed by atoms with E-state index in [1.165, 1.54) is 0 Å². The van der Waals surface area contributed by atoms with Gasteiger partial charge in [-0.25, -0.2) is 4.79 Å². The molecule has 0 aliphatic carbocycles. The van der Waals surface area contributed by atoms with E-state index in [0.717, 1.165) is 4.47 Å². The maximum absolute atomic E-state index is 10.9. The van der Waals surface area contributed by atoms with Gasteiger partial charge < -0.3 is 9.84 Å². The molecule has 0 spiro atoms. The summed E-state index contributed by atoms with van der Waals surface area (Å²) in [5.74, 6) is -0.432. The van der Waals surface area contributed by atoms with Gasteiger partial charge in [0.2, 0.25) is 0 Å². The van der Waals surface area contributed by atoms with Crippen LogP contribution in [0.3, 0.4) is 0 Å². The van der Waals surface area contributed by atoms with Crippen molar-refractivity contribution in [2.75, 3.05) is 0 Å². The van der Waals surface area contributed by atoms with Gasteiger partial charge in [-0.1, -0.05) is 29.8 Å². The van der Waals surface area contributed by atoms with E-state index >= 15 is 0 Å². The summed E-state index contributed by atoms with van der Waals surface area (Å²) in [5, 5.41) is 8.93. The lowest BCUT2D eigenvalue weighted by Crippen LogP contribution is -2.32. The normalized spacial score (nSPS) is 11.8. The first-order valence-corrected chi connectivity index (χ1v) is 5.45. The van der Waals surface area contributed by atoms with E-state index in [4.69, 9.17) is 9.84 Å². The van der Waals surface area contributed by atoms with Crippen molar-refractivity contribution in [1.82, 2.24) is 0 Å². The third-order valence-electron chi connectivity index (χ3n) is 1.93. The van der Waals surface area contributed by atoms with Crippen LogP contribution < -0.4 is 4.74 Å². The second kappa shape index (κ2) is 6.81. The van der Waals surface area contributed by atoms with E-state index in [1.54, 1.807) is 12.1 Å². The quantitative estimate of drug-likeness (QED) is 0.930. The van der Waals surface area contributed by atoms with Crippen molar-refractivity contribution in [3.05, 3.63) is 28.7 Å². The molecule has 0 fully saturated rings. The van der Waals surface area contributed by atoms with Gasteiger partial charge in [-0.15, -0.1) is 0 Å². The number of benzene rings is 1. The molecule has 0 radical (unpaired) electrons. The van der Waals surface area contributed by atoms with E-state index in [2.05, 4.69) is 15.9 Å². The van der Waals surface area contributed by atoms with Gasteiger partial charge in [-0.05, 0) is 24.3 Å². The zero-order chi connectivity index (χ0) is 11.4. The highest BCUT2D eigenvalue weighted by Gasteiger charge is 2.23. The molecule has 1 rings (SSSR count). The van der Waals surface area contributed by atoms with Gasteiger partial charge in [0.1, 0.15) is 5.75 Å². The third kappa shape index (κ3) is 4.45. The minimum Gasteiger partial charge on any atom is -0.478 e. The summed E-state index contributed by atoms with van der Waals surface area (Å²) in [5.41, 5.74) is 0. The molecule has 1 atom stereocenters. The molecule has 1 N–H and O–H groups in total. The van der Waals surface area contributed by atoms with Crippen molar-refractivity contribution in [3.8, 4) is 5.75 Å². The monoisotopic (exact) mass is 306 g/mol. The molecule has 16 heavy (non-hydrogen) atoms. The molecule has 0 saturated heterocycles. The fourth-order valence-electron chi connectivity index (χ4n) is 1.13. The average molecular weight is 307 g/mol. The Balaban J connectivity index is 0.00000225. The first-order chi connectivity index (χ1) is 7.00. The van der Waals surface area contributed by atoms with Gasteiger partial charge in [0.15, 0.2) is 6.10 Å². The maximum Gasteiger partial charge on any atom is 0.345 e. The van der Waals surface area contributed by atoms with Crippen molar-refractivity contribution in [2.24, 2.45) is 5.92 Å². The Morgan fingerprint density at radius 2 is 1.81 bits per heavy atom. The van der Waals surface area contributed by atoms with Crippen LogP contribution in [0.4, 0.5) is 0 Å². The highest BCUT2D eigenvalue weighted by atomic mass is 79.9. The fraction of sp³-hybridized carbons (Fsp3) is 0.364. The van der Waals surface area contributed by atoms with Gasteiger partial charge in [-0.2, -0.15) is 13.5 Å². The first kappa shape index (κ1) is 15.3. The first-order valence-electron chi connectivity index (χ1n) is 4.65. The lowest BCUT2D eigenvalue weighted by atomic mass is 10.1. The topological polar surface area (TPSA) is 46.5 Å². The molecule has 1 aromatic rings. The molecule has 0 heterocycles. The highest BCUT2D eigenvalue weighted by molar-refractivity contribution is 9.10. The van der Waals surface area contributed by atoms with Crippen molar-refractivity contribution in [3.63, 3.8) is 0 Å². The Morgan fingerprint density at radius 1 is 1.31 bits per heavy atom. The standard InChI is InChI=1S/C11H13BrO3.H2S/c1-7(2)10(11(13)14)15-9-5-3-8(12)4-6-9;/h3-7,10H,1-2H3,(H,13,14);1H2/t10-;/m0./s1. The van der Waals surface area contributed by atoms with Crippen LogP contribution in [0.1, 0.15) is 13.8 Å². The Bertz CT molecular complexity index is 338. The SMILES string of the molecule is CC(C)[C@H](Oc1ccc(Br)cc1)C(=O)O.S. The lowest BCUT2D eigenvalue weighted by molar-refractivity contribution is -0.147. The van der Waals surface area contributed by atoms with Crippen LogP contribution in [0.5, 0.6) is 5.75 Å². The van der Waals surface area contributed by atoms with Crippen molar-refractivity contribution < 1.29 is 14.6 Å². The number of hydrogen-bond donors (Lipinski definition) is 1. The van der Waals surface area contributed by atoms with Gasteiger partial charge in [0.25, 0.3) is 0 Å². The number of carboxylic acids is 1. The van der Waals surface area contributed by atoms with E-state index in [-0.39, 0.29) is 19.4 Å². The predicted octanol–water partition coefficient (Wildman–Crippen LogP) is 3.05. The van der Waals surface area contributed by atoms with Crippen LogP contribution in [0.15, 0.2) is 28.7 Å². The molecule has 0 aliphatic heterocycles. The van der Waals surface area contributed by atoms with Crippen molar-refractivity contribution >= 4 is 35.4 Å². The molecule has 0 aromatic heterocycles. The molecule has 0 saturated carbocycles. The van der Waals surface area contributed by atoms with Gasteiger partial charge in [0, 0.05) is 10.4 Å². The molecular formula is C11H15BrO3S. The molecule has 0 bridgehead atoms. The van der Waals surface area contributed by atoms with Gasteiger partial charge >= 0.3 is 5.97 Å². The number of hydrogen-bond acceptors (Lipinski definition) is 2. The summed E-state index contributed by atoms with van der Waals surface area (Å²) in [6, 6.07) is 7.11. The molecule has 90 valence electrons. The van der Waals surface area contributed by atoms with E-state index < -0.39 is 12.1 Å².